The third-order valence-electron chi connectivity index (χ3n) is 4.07. The van der Waals surface area contributed by atoms with Gasteiger partial charge in [0.1, 0.15) is 5.82 Å². The minimum atomic E-state index is 0.00489. The zero-order chi connectivity index (χ0) is 16.2. The van der Waals surface area contributed by atoms with E-state index in [9.17, 15) is 0 Å². The zero-order valence-corrected chi connectivity index (χ0v) is 13.5. The predicted octanol–water partition coefficient (Wildman–Crippen LogP) is 1.75. The summed E-state index contributed by atoms with van der Waals surface area (Å²) in [5.41, 5.74) is 9.24. The summed E-state index contributed by atoms with van der Waals surface area (Å²) in [5.74, 6) is 1.64. The highest BCUT2D eigenvalue weighted by atomic mass is 15.4. The van der Waals surface area contributed by atoms with E-state index in [4.69, 9.17) is 5.73 Å². The lowest BCUT2D eigenvalue weighted by molar-refractivity contribution is 0.567. The van der Waals surface area contributed by atoms with Crippen molar-refractivity contribution in [2.75, 3.05) is 5.73 Å². The van der Waals surface area contributed by atoms with Crippen molar-refractivity contribution >= 4 is 17.0 Å². The van der Waals surface area contributed by atoms with Gasteiger partial charge in [-0.25, -0.2) is 14.6 Å². The molecule has 120 valence electrons. The third kappa shape index (κ3) is 2.54. The molecule has 0 atom stereocenters. The molecule has 3 N–H and O–H groups in total. The van der Waals surface area contributed by atoms with E-state index >= 15 is 0 Å². The fourth-order valence-corrected chi connectivity index (χ4v) is 2.51. The van der Waals surface area contributed by atoms with Gasteiger partial charge in [0, 0.05) is 11.3 Å². The largest absolute Gasteiger partial charge is 0.382 e. The Morgan fingerprint density at radius 3 is 2.74 bits per heavy atom. The molecule has 0 radical (unpaired) electrons. The molecule has 8 heteroatoms. The molecule has 3 heterocycles. The SMILES string of the molecule is CC(C)(C)c1cc(Cn2nnc3c(N)nc(C4CC4)nc32)[nH]n1. The van der Waals surface area contributed by atoms with Crippen LogP contribution in [0.15, 0.2) is 6.07 Å². The van der Waals surface area contributed by atoms with Crippen LogP contribution >= 0.6 is 0 Å². The molecule has 0 aliphatic heterocycles. The van der Waals surface area contributed by atoms with Gasteiger partial charge in [-0.1, -0.05) is 26.0 Å². The molecule has 3 aromatic rings. The Hall–Kier alpha value is -2.51. The molecular formula is C15H20N8. The fraction of sp³-hybridized carbons (Fsp3) is 0.533. The number of rotatable bonds is 3. The van der Waals surface area contributed by atoms with Crippen LogP contribution in [0.2, 0.25) is 0 Å². The summed E-state index contributed by atoms with van der Waals surface area (Å²) in [6, 6.07) is 2.06. The molecule has 0 unspecified atom stereocenters. The molecule has 0 saturated heterocycles. The van der Waals surface area contributed by atoms with E-state index in [1.807, 2.05) is 0 Å². The van der Waals surface area contributed by atoms with Crippen LogP contribution in [-0.2, 0) is 12.0 Å². The van der Waals surface area contributed by atoms with Crippen molar-refractivity contribution in [3.8, 4) is 0 Å². The number of aromatic amines is 1. The molecule has 4 rings (SSSR count). The molecule has 0 aromatic carbocycles. The summed E-state index contributed by atoms with van der Waals surface area (Å²) in [4.78, 5) is 8.97. The number of hydrogen-bond donors (Lipinski definition) is 2. The Morgan fingerprint density at radius 2 is 2.09 bits per heavy atom. The average molecular weight is 312 g/mol. The smallest absolute Gasteiger partial charge is 0.184 e. The molecule has 0 spiro atoms. The Labute approximate surface area is 133 Å². The lowest BCUT2D eigenvalue weighted by Gasteiger charge is -2.13. The van der Waals surface area contributed by atoms with Crippen LogP contribution in [0.4, 0.5) is 5.82 Å². The van der Waals surface area contributed by atoms with Gasteiger partial charge < -0.3 is 5.73 Å². The number of hydrogen-bond acceptors (Lipinski definition) is 6. The van der Waals surface area contributed by atoms with Crippen LogP contribution in [0.5, 0.6) is 0 Å². The second-order valence-electron chi connectivity index (χ2n) is 7.19. The maximum absolute atomic E-state index is 6.00. The molecule has 1 aliphatic rings. The summed E-state index contributed by atoms with van der Waals surface area (Å²) in [6.07, 6.45) is 2.25. The highest BCUT2D eigenvalue weighted by Gasteiger charge is 2.28. The Morgan fingerprint density at radius 1 is 1.30 bits per heavy atom. The summed E-state index contributed by atoms with van der Waals surface area (Å²) in [6.45, 7) is 6.93. The lowest BCUT2D eigenvalue weighted by atomic mass is 9.92. The van der Waals surface area contributed by atoms with E-state index < -0.39 is 0 Å². The quantitative estimate of drug-likeness (QED) is 0.762. The van der Waals surface area contributed by atoms with Crippen LogP contribution < -0.4 is 5.73 Å². The van der Waals surface area contributed by atoms with Crippen molar-refractivity contribution < 1.29 is 0 Å². The van der Waals surface area contributed by atoms with Crippen molar-refractivity contribution in [2.24, 2.45) is 0 Å². The van der Waals surface area contributed by atoms with Crippen LogP contribution in [0, 0.1) is 0 Å². The summed E-state index contributed by atoms with van der Waals surface area (Å²) < 4.78 is 1.75. The predicted molar refractivity (Wildman–Crippen MR) is 85.9 cm³/mol. The summed E-state index contributed by atoms with van der Waals surface area (Å²) >= 11 is 0. The number of nitrogen functional groups attached to an aromatic ring is 1. The lowest BCUT2D eigenvalue weighted by Crippen LogP contribution is -2.11. The number of nitrogens with two attached hydrogens (primary N) is 1. The minimum absolute atomic E-state index is 0.00489. The summed E-state index contributed by atoms with van der Waals surface area (Å²) in [7, 11) is 0. The van der Waals surface area contributed by atoms with Crippen LogP contribution in [0.1, 0.15) is 56.7 Å². The zero-order valence-electron chi connectivity index (χ0n) is 13.5. The second kappa shape index (κ2) is 4.74. The average Bonchev–Trinajstić information content (AvgIpc) is 3.08. The van der Waals surface area contributed by atoms with Crippen LogP contribution in [0.3, 0.4) is 0 Å². The summed E-state index contributed by atoms with van der Waals surface area (Å²) in [5, 5.41) is 15.7. The first-order valence-corrected chi connectivity index (χ1v) is 7.83. The molecule has 0 amide bonds. The topological polar surface area (TPSA) is 111 Å². The van der Waals surface area contributed by atoms with Crippen molar-refractivity contribution in [2.45, 2.75) is 51.5 Å². The van der Waals surface area contributed by atoms with Gasteiger partial charge in [-0.2, -0.15) is 5.10 Å². The molecular weight excluding hydrogens is 292 g/mol. The third-order valence-corrected chi connectivity index (χ3v) is 4.07. The van der Waals surface area contributed by atoms with Crippen molar-refractivity contribution in [1.82, 2.24) is 35.2 Å². The highest BCUT2D eigenvalue weighted by molar-refractivity contribution is 5.80. The van der Waals surface area contributed by atoms with Crippen molar-refractivity contribution in [1.29, 1.82) is 0 Å². The van der Waals surface area contributed by atoms with E-state index in [-0.39, 0.29) is 5.41 Å². The molecule has 23 heavy (non-hydrogen) atoms. The monoisotopic (exact) mass is 312 g/mol. The van der Waals surface area contributed by atoms with Gasteiger partial charge in [-0.3, -0.25) is 5.10 Å². The molecule has 1 saturated carbocycles. The number of nitrogens with zero attached hydrogens (tertiary/aromatic N) is 6. The number of H-pyrrole nitrogens is 1. The van der Waals surface area contributed by atoms with Crippen molar-refractivity contribution in [3.63, 3.8) is 0 Å². The Bertz CT molecular complexity index is 865. The molecule has 1 aliphatic carbocycles. The van der Waals surface area contributed by atoms with Gasteiger partial charge >= 0.3 is 0 Å². The number of nitrogens with one attached hydrogen (secondary N) is 1. The van der Waals surface area contributed by atoms with Gasteiger partial charge in [0.25, 0.3) is 0 Å². The van der Waals surface area contributed by atoms with Gasteiger partial charge in [-0.15, -0.1) is 5.10 Å². The van der Waals surface area contributed by atoms with Gasteiger partial charge in [0.05, 0.1) is 17.9 Å². The molecule has 1 fully saturated rings. The second-order valence-corrected chi connectivity index (χ2v) is 7.19. The maximum Gasteiger partial charge on any atom is 0.184 e. The van der Waals surface area contributed by atoms with Crippen LogP contribution in [-0.4, -0.2) is 35.2 Å². The van der Waals surface area contributed by atoms with Gasteiger partial charge in [-0.05, 0) is 18.9 Å². The molecule has 8 nitrogen and oxygen atoms in total. The first-order valence-electron chi connectivity index (χ1n) is 7.83. The number of fused-ring (bicyclic) bond motifs is 1. The van der Waals surface area contributed by atoms with E-state index in [2.05, 4.69) is 57.3 Å². The van der Waals surface area contributed by atoms with E-state index in [0.717, 1.165) is 30.1 Å². The normalized spacial score (nSPS) is 15.4. The van der Waals surface area contributed by atoms with Gasteiger partial charge in [0.15, 0.2) is 17.0 Å². The maximum atomic E-state index is 6.00. The minimum Gasteiger partial charge on any atom is -0.382 e. The number of aromatic nitrogens is 7. The van der Waals surface area contributed by atoms with E-state index in [1.54, 1.807) is 4.68 Å². The molecule has 3 aromatic heterocycles. The first-order chi connectivity index (χ1) is 10.9. The Balaban J connectivity index is 1.70. The highest BCUT2D eigenvalue weighted by Crippen LogP contribution is 2.38. The van der Waals surface area contributed by atoms with E-state index in [0.29, 0.717) is 29.4 Å². The molecule has 0 bridgehead atoms. The Kier molecular flexibility index (Phi) is 2.91. The fourth-order valence-electron chi connectivity index (χ4n) is 2.51. The first kappa shape index (κ1) is 14.1. The van der Waals surface area contributed by atoms with Gasteiger partial charge in [0.2, 0.25) is 0 Å². The van der Waals surface area contributed by atoms with E-state index in [1.165, 1.54) is 0 Å². The van der Waals surface area contributed by atoms with Crippen LogP contribution in [0.25, 0.3) is 11.2 Å². The number of anilines is 1. The van der Waals surface area contributed by atoms with Crippen molar-refractivity contribution in [3.05, 3.63) is 23.3 Å². The standard InChI is InChI=1S/C15H20N8/c1-15(2,3)10-6-9(19-20-10)7-23-14-11(21-22-23)12(16)17-13(18-14)8-4-5-8/h6,8H,4-5,7H2,1-3H3,(H,19,20)(H2,16,17,18).